The lowest BCUT2D eigenvalue weighted by atomic mass is 10.1. The first-order valence-corrected chi connectivity index (χ1v) is 7.79. The number of hydrogen-bond donors (Lipinski definition) is 2. The number of nitrogens with zero attached hydrogens (tertiary/aromatic N) is 3. The molecule has 116 valence electrons. The summed E-state index contributed by atoms with van der Waals surface area (Å²) in [5, 5.41) is 15.0. The van der Waals surface area contributed by atoms with E-state index < -0.39 is 17.7 Å². The summed E-state index contributed by atoms with van der Waals surface area (Å²) < 4.78 is 1.23. The van der Waals surface area contributed by atoms with E-state index in [-0.39, 0.29) is 16.8 Å². The third-order valence-corrected chi connectivity index (χ3v) is 4.35. The van der Waals surface area contributed by atoms with Crippen LogP contribution in [0.5, 0.6) is 0 Å². The van der Waals surface area contributed by atoms with Crippen LogP contribution in [0.1, 0.15) is 32.2 Å². The van der Waals surface area contributed by atoms with E-state index in [2.05, 4.69) is 10.2 Å². The first kappa shape index (κ1) is 15.6. The van der Waals surface area contributed by atoms with Gasteiger partial charge in [0, 0.05) is 13.1 Å². The fourth-order valence-corrected chi connectivity index (χ4v) is 3.09. The largest absolute Gasteiger partial charge is 0.481 e. The summed E-state index contributed by atoms with van der Waals surface area (Å²) in [7, 11) is 0. The Labute approximate surface area is 125 Å². The number of carboxylic acids is 1. The Kier molecular flexibility index (Phi) is 5.05. The number of piperidine rings is 1. The van der Waals surface area contributed by atoms with Crippen molar-refractivity contribution in [1.82, 2.24) is 19.7 Å². The Morgan fingerprint density at radius 1 is 1.38 bits per heavy atom. The zero-order chi connectivity index (χ0) is 15.4. The first-order chi connectivity index (χ1) is 10.0. The quantitative estimate of drug-likeness (QED) is 0.758. The third-order valence-electron chi connectivity index (χ3n) is 3.41. The number of thioether (sulfide) groups is 1. The van der Waals surface area contributed by atoms with Crippen LogP contribution in [0.3, 0.4) is 0 Å². The molecule has 1 aliphatic rings. The summed E-state index contributed by atoms with van der Waals surface area (Å²) >= 11 is 0.919. The number of amides is 1. The molecule has 21 heavy (non-hydrogen) atoms. The lowest BCUT2D eigenvalue weighted by Gasteiger charge is -2.29. The molecule has 9 heteroatoms. The number of nitrogens with one attached hydrogen (secondary N) is 1. The Hall–Kier alpha value is -1.77. The summed E-state index contributed by atoms with van der Waals surface area (Å²) in [6.07, 6.45) is 3.06. The number of likely N-dealkylation sites (tertiary alicyclic amines) is 1. The van der Waals surface area contributed by atoms with E-state index >= 15 is 0 Å². The SMILES string of the molecule is CC(C(=O)N1CCCCC1)n1c(SCC(=O)O)n[nH]c1=O. The second-order valence-corrected chi connectivity index (χ2v) is 5.87. The minimum Gasteiger partial charge on any atom is -0.481 e. The summed E-state index contributed by atoms with van der Waals surface area (Å²) in [6.45, 7) is 3.04. The number of carbonyl (C=O) groups excluding carboxylic acids is 1. The molecule has 1 amide bonds. The van der Waals surface area contributed by atoms with Gasteiger partial charge in [0.2, 0.25) is 5.91 Å². The Morgan fingerprint density at radius 2 is 2.05 bits per heavy atom. The van der Waals surface area contributed by atoms with Gasteiger partial charge in [-0.15, -0.1) is 5.10 Å². The van der Waals surface area contributed by atoms with Crippen LogP contribution in [0, 0.1) is 0 Å². The number of aliphatic carboxylic acids is 1. The average molecular weight is 314 g/mol. The predicted molar refractivity (Wildman–Crippen MR) is 76.3 cm³/mol. The van der Waals surface area contributed by atoms with Crippen molar-refractivity contribution in [2.75, 3.05) is 18.8 Å². The molecule has 0 aliphatic carbocycles. The molecule has 0 saturated carbocycles. The smallest absolute Gasteiger partial charge is 0.344 e. The van der Waals surface area contributed by atoms with Gasteiger partial charge in [-0.05, 0) is 26.2 Å². The van der Waals surface area contributed by atoms with Crippen LogP contribution in [0.4, 0.5) is 0 Å². The van der Waals surface area contributed by atoms with Gasteiger partial charge in [-0.2, -0.15) is 0 Å². The Morgan fingerprint density at radius 3 is 2.67 bits per heavy atom. The van der Waals surface area contributed by atoms with E-state index in [9.17, 15) is 14.4 Å². The molecule has 1 aromatic rings. The number of hydrogen-bond acceptors (Lipinski definition) is 5. The van der Waals surface area contributed by atoms with Crippen molar-refractivity contribution in [2.45, 2.75) is 37.4 Å². The summed E-state index contributed by atoms with van der Waals surface area (Å²) in [5.41, 5.74) is -0.499. The fraction of sp³-hybridized carbons (Fsp3) is 0.667. The highest BCUT2D eigenvalue weighted by Crippen LogP contribution is 2.20. The van der Waals surface area contributed by atoms with Crippen LogP contribution in [-0.4, -0.2) is 55.5 Å². The van der Waals surface area contributed by atoms with Gasteiger partial charge in [0.25, 0.3) is 0 Å². The van der Waals surface area contributed by atoms with Crippen molar-refractivity contribution in [3.05, 3.63) is 10.5 Å². The van der Waals surface area contributed by atoms with Crippen molar-refractivity contribution in [3.8, 4) is 0 Å². The van der Waals surface area contributed by atoms with Gasteiger partial charge >= 0.3 is 11.7 Å². The minimum absolute atomic E-state index is 0.129. The highest BCUT2D eigenvalue weighted by molar-refractivity contribution is 7.99. The van der Waals surface area contributed by atoms with Gasteiger partial charge < -0.3 is 10.0 Å². The summed E-state index contributed by atoms with van der Waals surface area (Å²) in [4.78, 5) is 36.6. The molecule has 1 unspecified atom stereocenters. The molecule has 2 N–H and O–H groups in total. The molecule has 1 aliphatic heterocycles. The highest BCUT2D eigenvalue weighted by Gasteiger charge is 2.27. The third kappa shape index (κ3) is 3.66. The molecule has 0 bridgehead atoms. The number of aromatic nitrogens is 3. The Bertz CT molecular complexity index is 576. The first-order valence-electron chi connectivity index (χ1n) is 6.81. The summed E-state index contributed by atoms with van der Waals surface area (Å²) in [6, 6.07) is -0.689. The second-order valence-electron chi connectivity index (χ2n) is 4.93. The summed E-state index contributed by atoms with van der Waals surface area (Å²) in [5.74, 6) is -1.35. The number of aromatic amines is 1. The maximum absolute atomic E-state index is 12.4. The lowest BCUT2D eigenvalue weighted by Crippen LogP contribution is -2.41. The predicted octanol–water partition coefficient (Wildman–Crippen LogP) is 0.322. The van der Waals surface area contributed by atoms with Crippen molar-refractivity contribution in [3.63, 3.8) is 0 Å². The molecule has 1 atom stereocenters. The molecule has 0 radical (unpaired) electrons. The zero-order valence-corrected chi connectivity index (χ0v) is 12.6. The van der Waals surface area contributed by atoms with Gasteiger partial charge in [0.15, 0.2) is 5.16 Å². The van der Waals surface area contributed by atoms with E-state index in [4.69, 9.17) is 5.11 Å². The minimum atomic E-state index is -1.00. The van der Waals surface area contributed by atoms with Crippen LogP contribution in [0.2, 0.25) is 0 Å². The molecular weight excluding hydrogens is 296 g/mol. The number of rotatable bonds is 5. The van der Waals surface area contributed by atoms with Crippen molar-refractivity contribution in [2.24, 2.45) is 0 Å². The molecule has 1 aromatic heterocycles. The van der Waals surface area contributed by atoms with Crippen LogP contribution in [0.15, 0.2) is 9.95 Å². The molecule has 0 aromatic carbocycles. The van der Waals surface area contributed by atoms with Crippen LogP contribution < -0.4 is 5.69 Å². The van der Waals surface area contributed by atoms with Gasteiger partial charge in [-0.3, -0.25) is 14.2 Å². The van der Waals surface area contributed by atoms with E-state index in [0.717, 1.165) is 31.0 Å². The van der Waals surface area contributed by atoms with Gasteiger partial charge in [0.05, 0.1) is 5.75 Å². The normalized spacial score (nSPS) is 16.7. The molecular formula is C12H18N4O4S. The Balaban J connectivity index is 2.15. The van der Waals surface area contributed by atoms with E-state index in [0.29, 0.717) is 13.1 Å². The van der Waals surface area contributed by atoms with E-state index in [1.165, 1.54) is 4.57 Å². The molecule has 0 spiro atoms. The topological polar surface area (TPSA) is 108 Å². The van der Waals surface area contributed by atoms with Crippen LogP contribution in [-0.2, 0) is 9.59 Å². The van der Waals surface area contributed by atoms with E-state index in [1.54, 1.807) is 11.8 Å². The maximum atomic E-state index is 12.4. The molecule has 2 heterocycles. The van der Waals surface area contributed by atoms with Crippen molar-refractivity contribution in [1.29, 1.82) is 0 Å². The van der Waals surface area contributed by atoms with Crippen molar-refractivity contribution >= 4 is 23.6 Å². The number of carbonyl (C=O) groups is 2. The van der Waals surface area contributed by atoms with Gasteiger partial charge in [-0.1, -0.05) is 11.8 Å². The number of carboxylic acid groups (broad SMARTS) is 1. The van der Waals surface area contributed by atoms with Crippen LogP contribution >= 0.6 is 11.8 Å². The van der Waals surface area contributed by atoms with Gasteiger partial charge in [-0.25, -0.2) is 9.89 Å². The highest BCUT2D eigenvalue weighted by atomic mass is 32.2. The monoisotopic (exact) mass is 314 g/mol. The molecule has 1 fully saturated rings. The maximum Gasteiger partial charge on any atom is 0.344 e. The lowest BCUT2D eigenvalue weighted by molar-refractivity contribution is -0.135. The van der Waals surface area contributed by atoms with Gasteiger partial charge in [0.1, 0.15) is 6.04 Å². The molecule has 8 nitrogen and oxygen atoms in total. The molecule has 1 saturated heterocycles. The second kappa shape index (κ2) is 6.79. The zero-order valence-electron chi connectivity index (χ0n) is 11.7. The fourth-order valence-electron chi connectivity index (χ4n) is 2.35. The number of H-pyrrole nitrogens is 1. The average Bonchev–Trinajstić information content (AvgIpc) is 2.85. The van der Waals surface area contributed by atoms with Crippen molar-refractivity contribution < 1.29 is 14.7 Å². The van der Waals surface area contributed by atoms with E-state index in [1.807, 2.05) is 0 Å². The molecule has 2 rings (SSSR count). The van der Waals surface area contributed by atoms with Crippen LogP contribution in [0.25, 0.3) is 0 Å². The standard InChI is InChI=1S/C12H18N4O4S/c1-8(10(19)15-5-3-2-4-6-15)16-11(20)13-14-12(16)21-7-9(17)18/h8H,2-7H2,1H3,(H,13,20)(H,17,18).